The minimum Gasteiger partial charge on any atom is -0.341 e. The normalized spacial score (nSPS) is 16.4. The number of hydrogen-bond acceptors (Lipinski definition) is 8. The summed E-state index contributed by atoms with van der Waals surface area (Å²) >= 11 is 0. The molecular formula is C16H21ClN8O. The molecule has 26 heavy (non-hydrogen) atoms. The smallest absolute Gasteiger partial charge is 0.249 e. The molecule has 1 aliphatic rings. The minimum atomic E-state index is -0.439. The van der Waals surface area contributed by atoms with Gasteiger partial charge in [-0.3, -0.25) is 0 Å². The molecule has 0 bridgehead atoms. The Kier molecular flexibility index (Phi) is 5.19. The van der Waals surface area contributed by atoms with Gasteiger partial charge in [0.1, 0.15) is 6.04 Å². The van der Waals surface area contributed by atoms with Crippen molar-refractivity contribution in [3.8, 4) is 5.69 Å². The maximum atomic E-state index is 6.27. The van der Waals surface area contributed by atoms with E-state index in [2.05, 4.69) is 31.0 Å². The highest BCUT2D eigenvalue weighted by molar-refractivity contribution is 5.85. The molecule has 138 valence electrons. The fourth-order valence-corrected chi connectivity index (χ4v) is 2.87. The Balaban J connectivity index is 0.00000196. The number of hydrogen-bond donors (Lipinski definition) is 2. The Morgan fingerprint density at radius 3 is 2.73 bits per heavy atom. The lowest BCUT2D eigenvalue weighted by Gasteiger charge is -2.34. The van der Waals surface area contributed by atoms with Crippen molar-refractivity contribution >= 4 is 18.4 Å². The molecule has 0 radical (unpaired) electrons. The predicted octanol–water partition coefficient (Wildman–Crippen LogP) is 2.37. The zero-order valence-electron chi connectivity index (χ0n) is 14.4. The molecule has 1 unspecified atom stereocenters. The van der Waals surface area contributed by atoms with Gasteiger partial charge in [-0.15, -0.1) is 12.4 Å². The molecule has 2 aromatic heterocycles. The van der Waals surface area contributed by atoms with Gasteiger partial charge >= 0.3 is 0 Å². The fourth-order valence-electron chi connectivity index (χ4n) is 2.87. The van der Waals surface area contributed by atoms with E-state index >= 15 is 0 Å². The molecule has 1 fully saturated rings. The highest BCUT2D eigenvalue weighted by Crippen LogP contribution is 2.37. The van der Waals surface area contributed by atoms with Gasteiger partial charge < -0.3 is 15.6 Å². The molecule has 3 aromatic rings. The molecular weight excluding hydrogens is 356 g/mol. The predicted molar refractivity (Wildman–Crippen MR) is 97.1 cm³/mol. The van der Waals surface area contributed by atoms with Gasteiger partial charge in [0.05, 0.1) is 11.2 Å². The summed E-state index contributed by atoms with van der Waals surface area (Å²) < 4.78 is 7.09. The van der Waals surface area contributed by atoms with Gasteiger partial charge in [0.15, 0.2) is 5.82 Å². The Hall–Kier alpha value is -2.52. The van der Waals surface area contributed by atoms with Crippen LogP contribution in [-0.4, -0.2) is 30.3 Å². The largest absolute Gasteiger partial charge is 0.341 e. The van der Waals surface area contributed by atoms with Crippen molar-refractivity contribution in [2.24, 2.45) is 5.73 Å². The van der Waals surface area contributed by atoms with Crippen LogP contribution >= 0.6 is 12.4 Å². The number of nitrogens with one attached hydrogen (secondary N) is 1. The summed E-state index contributed by atoms with van der Waals surface area (Å²) in [4.78, 5) is 4.52. The highest BCUT2D eigenvalue weighted by atomic mass is 35.5. The van der Waals surface area contributed by atoms with Crippen molar-refractivity contribution < 1.29 is 4.52 Å². The van der Waals surface area contributed by atoms with Gasteiger partial charge in [0.25, 0.3) is 0 Å². The van der Waals surface area contributed by atoms with Gasteiger partial charge in [-0.05, 0) is 48.2 Å². The summed E-state index contributed by atoms with van der Waals surface area (Å²) in [5.41, 5.74) is 6.70. The van der Waals surface area contributed by atoms with E-state index in [1.165, 1.54) is 0 Å². The third kappa shape index (κ3) is 3.27. The third-order valence-electron chi connectivity index (χ3n) is 4.61. The van der Waals surface area contributed by atoms with Crippen molar-refractivity contribution in [2.45, 2.75) is 44.2 Å². The van der Waals surface area contributed by atoms with E-state index in [1.54, 1.807) is 4.68 Å². The Labute approximate surface area is 156 Å². The fraction of sp³-hybridized carbons (Fsp3) is 0.438. The third-order valence-corrected chi connectivity index (χ3v) is 4.61. The lowest BCUT2D eigenvalue weighted by atomic mass is 9.77. The van der Waals surface area contributed by atoms with E-state index in [9.17, 15) is 0 Å². The lowest BCUT2D eigenvalue weighted by molar-refractivity contribution is 0.228. The second-order valence-electron chi connectivity index (χ2n) is 6.32. The first-order valence-corrected chi connectivity index (χ1v) is 8.43. The van der Waals surface area contributed by atoms with E-state index < -0.39 is 5.54 Å². The molecule has 4 rings (SSSR count). The number of nitrogens with two attached hydrogens (primary N) is 1. The summed E-state index contributed by atoms with van der Waals surface area (Å²) in [6, 6.07) is 9.48. The number of aromatic nitrogens is 6. The average molecular weight is 377 g/mol. The molecule has 3 N–H and O–H groups in total. The maximum Gasteiger partial charge on any atom is 0.249 e. The quantitative estimate of drug-likeness (QED) is 0.672. The van der Waals surface area contributed by atoms with Crippen molar-refractivity contribution in [1.29, 1.82) is 0 Å². The Bertz CT molecular complexity index is 845. The first-order chi connectivity index (χ1) is 12.2. The molecule has 1 aromatic carbocycles. The minimum absolute atomic E-state index is 0. The van der Waals surface area contributed by atoms with E-state index in [4.69, 9.17) is 10.3 Å². The number of rotatable bonds is 6. The Morgan fingerprint density at radius 2 is 2.08 bits per heavy atom. The zero-order chi connectivity index (χ0) is 17.3. The van der Waals surface area contributed by atoms with Crippen LogP contribution in [0.4, 0.5) is 5.95 Å². The van der Waals surface area contributed by atoms with Gasteiger partial charge in [0, 0.05) is 0 Å². The lowest BCUT2D eigenvalue weighted by Crippen LogP contribution is -2.44. The number of benzene rings is 1. The number of tetrazole rings is 1. The molecule has 1 saturated carbocycles. The van der Waals surface area contributed by atoms with Crippen LogP contribution in [0.5, 0.6) is 0 Å². The van der Waals surface area contributed by atoms with Crippen LogP contribution in [0.3, 0.4) is 0 Å². The SMILES string of the molecule is CCC(Nc1nnnn1-c1ccccc1)c1nc(C2(N)CCC2)no1.Cl. The van der Waals surface area contributed by atoms with E-state index in [1.807, 2.05) is 37.3 Å². The summed E-state index contributed by atoms with van der Waals surface area (Å²) in [7, 11) is 0. The monoisotopic (exact) mass is 376 g/mol. The number of halogens is 1. The molecule has 2 heterocycles. The number of nitrogens with zero attached hydrogens (tertiary/aromatic N) is 6. The number of para-hydroxylation sites is 1. The second-order valence-corrected chi connectivity index (χ2v) is 6.32. The van der Waals surface area contributed by atoms with Crippen LogP contribution in [0.25, 0.3) is 5.69 Å². The Morgan fingerprint density at radius 1 is 1.31 bits per heavy atom. The van der Waals surface area contributed by atoms with Gasteiger partial charge in [0.2, 0.25) is 11.8 Å². The summed E-state index contributed by atoms with van der Waals surface area (Å²) in [6.45, 7) is 2.03. The van der Waals surface area contributed by atoms with Gasteiger partial charge in [-0.1, -0.05) is 35.4 Å². The zero-order valence-corrected chi connectivity index (χ0v) is 15.2. The summed E-state index contributed by atoms with van der Waals surface area (Å²) in [5, 5.41) is 19.2. The van der Waals surface area contributed by atoms with Crippen LogP contribution < -0.4 is 11.1 Å². The maximum absolute atomic E-state index is 6.27. The standard InChI is InChI=1S/C16H20N8O.ClH/c1-2-12(13-19-14(21-25-13)16(17)9-6-10-16)18-15-20-22-23-24(15)11-7-4-3-5-8-11;/h3-5,7-8,12H,2,6,9-10,17H2,1H3,(H,18,20,23);1H. The molecule has 0 spiro atoms. The van der Waals surface area contributed by atoms with E-state index in [-0.39, 0.29) is 18.4 Å². The van der Waals surface area contributed by atoms with Crippen LogP contribution in [0.2, 0.25) is 0 Å². The molecule has 0 amide bonds. The summed E-state index contributed by atoms with van der Waals surface area (Å²) in [6.07, 6.45) is 3.62. The topological polar surface area (TPSA) is 121 Å². The second kappa shape index (κ2) is 7.38. The summed E-state index contributed by atoms with van der Waals surface area (Å²) in [5.74, 6) is 1.59. The molecule has 1 atom stereocenters. The molecule has 1 aliphatic carbocycles. The van der Waals surface area contributed by atoms with Crippen molar-refractivity contribution in [2.75, 3.05) is 5.32 Å². The van der Waals surface area contributed by atoms with Gasteiger partial charge in [-0.25, -0.2) is 0 Å². The van der Waals surface area contributed by atoms with E-state index in [0.29, 0.717) is 17.7 Å². The van der Waals surface area contributed by atoms with Crippen LogP contribution in [0.1, 0.15) is 50.4 Å². The first kappa shape index (κ1) is 18.3. The molecule has 9 nitrogen and oxygen atoms in total. The molecule has 10 heteroatoms. The number of anilines is 1. The highest BCUT2D eigenvalue weighted by Gasteiger charge is 2.39. The molecule has 0 saturated heterocycles. The van der Waals surface area contributed by atoms with Crippen molar-refractivity contribution in [3.05, 3.63) is 42.0 Å². The van der Waals surface area contributed by atoms with E-state index in [0.717, 1.165) is 31.4 Å². The van der Waals surface area contributed by atoms with Gasteiger partial charge in [-0.2, -0.15) is 9.67 Å². The van der Waals surface area contributed by atoms with Crippen molar-refractivity contribution in [3.63, 3.8) is 0 Å². The average Bonchev–Trinajstić information content (AvgIpc) is 3.28. The first-order valence-electron chi connectivity index (χ1n) is 8.43. The van der Waals surface area contributed by atoms with Crippen LogP contribution in [-0.2, 0) is 5.54 Å². The van der Waals surface area contributed by atoms with Crippen molar-refractivity contribution in [1.82, 2.24) is 30.3 Å². The van der Waals surface area contributed by atoms with Crippen LogP contribution in [0, 0.1) is 0 Å². The molecule has 0 aliphatic heterocycles. The van der Waals surface area contributed by atoms with Crippen LogP contribution in [0.15, 0.2) is 34.9 Å².